The van der Waals surface area contributed by atoms with Crippen LogP contribution < -0.4 is 0 Å². The summed E-state index contributed by atoms with van der Waals surface area (Å²) in [4.78, 5) is 15.4. The molecule has 6 rings (SSSR count). The van der Waals surface area contributed by atoms with Crippen LogP contribution in [0.15, 0.2) is 60.7 Å². The molecule has 55 heavy (non-hydrogen) atoms. The van der Waals surface area contributed by atoms with Crippen molar-refractivity contribution in [3.63, 3.8) is 0 Å². The maximum absolute atomic E-state index is 13.3. The molecule has 0 bridgehead atoms. The van der Waals surface area contributed by atoms with Crippen LogP contribution in [-0.4, -0.2) is 39.0 Å². The van der Waals surface area contributed by atoms with Gasteiger partial charge in [0, 0.05) is 0 Å². The van der Waals surface area contributed by atoms with E-state index >= 15 is 0 Å². The Balaban J connectivity index is 1.29. The Labute approximate surface area is 346 Å². The summed E-state index contributed by atoms with van der Waals surface area (Å²) >= 11 is 2.88. The molecule has 0 N–H and O–H groups in total. The fourth-order valence-electron chi connectivity index (χ4n) is 7.28. The quantitative estimate of drug-likeness (QED) is 0.0501. The molecule has 0 spiro atoms. The van der Waals surface area contributed by atoms with Crippen LogP contribution in [0.25, 0.3) is 50.5 Å². The number of aromatic nitrogens is 2. The minimum absolute atomic E-state index is 0.281. The molecule has 5 aromatic heterocycles. The smallest absolute Gasteiger partial charge is 0.0654 e. The minimum atomic E-state index is -4.26. The topological polar surface area (TPSA) is 25.8 Å². The standard InChI is InChI=1S/C46H55F3N2S2Se2/c1-4-6-8-10-12-14-16-18-20-35-36(21-19-17-15-13-11-9-7-5-2)51-45-34(41-29-22-32(3)54-41)24-23-33(44(45)50-35)37-25-26-38(52-37)39-27-28-40(53-39)42-30-31-43(55-42)46(47,48)49/h22-31H,4-21H2,1-3H3. The van der Waals surface area contributed by atoms with Crippen molar-refractivity contribution in [1.82, 2.24) is 9.97 Å². The summed E-state index contributed by atoms with van der Waals surface area (Å²) in [6, 6.07) is 20.3. The molecular weight excluding hydrogens is 860 g/mol. The van der Waals surface area contributed by atoms with Crippen molar-refractivity contribution in [1.29, 1.82) is 0 Å². The van der Waals surface area contributed by atoms with E-state index in [1.165, 1.54) is 122 Å². The van der Waals surface area contributed by atoms with Crippen molar-refractivity contribution < 1.29 is 13.2 Å². The Morgan fingerprint density at radius 3 is 1.49 bits per heavy atom. The predicted molar refractivity (Wildman–Crippen MR) is 233 cm³/mol. The molecular formula is C46H55F3N2S2Se2. The molecule has 0 saturated carbocycles. The Bertz CT molecular complexity index is 2090. The number of nitrogens with zero attached hydrogens (tertiary/aromatic N) is 2. The van der Waals surface area contributed by atoms with E-state index in [9.17, 15) is 13.2 Å². The van der Waals surface area contributed by atoms with Crippen molar-refractivity contribution in [2.24, 2.45) is 0 Å². The zero-order valence-electron chi connectivity index (χ0n) is 32.7. The van der Waals surface area contributed by atoms with Gasteiger partial charge in [-0.1, -0.05) is 46.0 Å². The molecule has 0 aliphatic rings. The molecule has 0 unspecified atom stereocenters. The first-order valence-electron chi connectivity index (χ1n) is 20.5. The molecule has 0 amide bonds. The zero-order chi connectivity index (χ0) is 38.6. The van der Waals surface area contributed by atoms with Crippen LogP contribution in [0.2, 0.25) is 0 Å². The van der Waals surface area contributed by atoms with Gasteiger partial charge in [-0.3, -0.25) is 0 Å². The summed E-state index contributed by atoms with van der Waals surface area (Å²) in [7, 11) is 0. The van der Waals surface area contributed by atoms with E-state index in [0.29, 0.717) is 0 Å². The van der Waals surface area contributed by atoms with Crippen LogP contribution >= 0.6 is 22.7 Å². The minimum Gasteiger partial charge on any atom is -0.0654 e. The van der Waals surface area contributed by atoms with E-state index in [0.717, 1.165) is 66.2 Å². The summed E-state index contributed by atoms with van der Waals surface area (Å²) in [6.45, 7) is 6.78. The van der Waals surface area contributed by atoms with Crippen LogP contribution in [0.1, 0.15) is 137 Å². The first-order chi connectivity index (χ1) is 26.7. The summed E-state index contributed by atoms with van der Waals surface area (Å²) in [5.41, 5.74) is 6.73. The molecule has 0 fully saturated rings. The second kappa shape index (κ2) is 21.0. The van der Waals surface area contributed by atoms with Gasteiger partial charge in [0.25, 0.3) is 0 Å². The average molecular weight is 915 g/mol. The first kappa shape index (κ1) is 42.4. The third-order valence-corrected chi connectivity index (χ3v) is 17.7. The van der Waals surface area contributed by atoms with Crippen molar-refractivity contribution in [2.75, 3.05) is 0 Å². The van der Waals surface area contributed by atoms with Crippen molar-refractivity contribution >= 4 is 62.7 Å². The number of halogens is 3. The number of hydrogen-bond acceptors (Lipinski definition) is 4. The monoisotopic (exact) mass is 916 g/mol. The van der Waals surface area contributed by atoms with Crippen molar-refractivity contribution in [3.8, 4) is 39.5 Å². The molecule has 0 atom stereocenters. The molecule has 5 heterocycles. The number of thiophene rings is 2. The van der Waals surface area contributed by atoms with Crippen LogP contribution in [0, 0.1) is 6.92 Å². The van der Waals surface area contributed by atoms with Gasteiger partial charge in [0.2, 0.25) is 0 Å². The number of unbranched alkanes of at least 4 members (excludes halogenated alkanes) is 14. The number of fused-ring (bicyclic) bond motifs is 1. The third kappa shape index (κ3) is 11.7. The van der Waals surface area contributed by atoms with Crippen LogP contribution in [0.3, 0.4) is 0 Å². The molecule has 1 aromatic carbocycles. The van der Waals surface area contributed by atoms with Crippen LogP contribution in [0.4, 0.5) is 13.2 Å². The van der Waals surface area contributed by atoms with E-state index < -0.39 is 25.1 Å². The van der Waals surface area contributed by atoms with Crippen LogP contribution in [-0.2, 0) is 19.0 Å². The molecule has 294 valence electrons. The molecule has 0 aliphatic carbocycles. The predicted octanol–water partition coefficient (Wildman–Crippen LogP) is 15.2. The van der Waals surface area contributed by atoms with Gasteiger partial charge in [0.1, 0.15) is 0 Å². The van der Waals surface area contributed by atoms with Gasteiger partial charge >= 0.3 is 303 Å². The molecule has 0 saturated heterocycles. The molecule has 9 heteroatoms. The summed E-state index contributed by atoms with van der Waals surface area (Å²) < 4.78 is 43.2. The second-order valence-corrected chi connectivity index (χ2v) is 22.0. The summed E-state index contributed by atoms with van der Waals surface area (Å²) in [5.74, 6) is 0. The van der Waals surface area contributed by atoms with Crippen molar-refractivity contribution in [2.45, 2.75) is 143 Å². The Morgan fingerprint density at radius 1 is 0.491 bits per heavy atom. The van der Waals surface area contributed by atoms with Gasteiger partial charge in [-0.25, -0.2) is 0 Å². The van der Waals surface area contributed by atoms with E-state index in [2.05, 4.69) is 63.2 Å². The Hall–Kier alpha value is -2.25. The molecule has 6 aromatic rings. The van der Waals surface area contributed by atoms with Gasteiger partial charge in [-0.05, 0) is 0 Å². The van der Waals surface area contributed by atoms with E-state index in [4.69, 9.17) is 9.97 Å². The van der Waals surface area contributed by atoms with Crippen molar-refractivity contribution in [3.05, 3.63) is 80.9 Å². The Morgan fingerprint density at radius 2 is 0.964 bits per heavy atom. The number of benzene rings is 1. The van der Waals surface area contributed by atoms with Gasteiger partial charge < -0.3 is 0 Å². The van der Waals surface area contributed by atoms with Gasteiger partial charge in [0.05, 0.1) is 0 Å². The van der Waals surface area contributed by atoms with Gasteiger partial charge in [0.15, 0.2) is 0 Å². The van der Waals surface area contributed by atoms with Gasteiger partial charge in [-0.2, -0.15) is 0 Å². The second-order valence-electron chi connectivity index (χ2n) is 14.8. The van der Waals surface area contributed by atoms with E-state index in [-0.39, 0.29) is 14.5 Å². The molecule has 0 aliphatic heterocycles. The molecule has 0 radical (unpaired) electrons. The molecule has 2 nitrogen and oxygen atoms in total. The SMILES string of the molecule is CCCCCCCCCCc1nc2c(-c3ccc(-c4ccc(-c5ccc(C(F)(F)F)[se]5)s4)s3)ccc(-c3ccc(C)[se]3)c2nc1CCCCCCCCCC. The zero-order valence-corrected chi connectivity index (χ0v) is 37.7. The van der Waals surface area contributed by atoms with E-state index in [1.807, 2.05) is 6.07 Å². The fraction of sp³-hybridized carbons (Fsp3) is 0.478. The number of aryl methyl sites for hydroxylation is 3. The normalized spacial score (nSPS) is 12.0. The summed E-state index contributed by atoms with van der Waals surface area (Å²) in [5, 5.41) is 0. The van der Waals surface area contributed by atoms with Gasteiger partial charge in [-0.15, -0.1) is 0 Å². The number of alkyl halides is 3. The maximum atomic E-state index is 13.3. The number of hydrogen-bond donors (Lipinski definition) is 0. The Kier molecular flexibility index (Phi) is 16.1. The van der Waals surface area contributed by atoms with E-state index in [1.54, 1.807) is 28.7 Å². The number of rotatable bonds is 22. The third-order valence-electron chi connectivity index (χ3n) is 10.4. The fourth-order valence-corrected chi connectivity index (χ4v) is 13.3. The van der Waals surface area contributed by atoms with Crippen LogP contribution in [0.5, 0.6) is 0 Å². The average Bonchev–Trinajstić information content (AvgIpc) is 4.00. The summed E-state index contributed by atoms with van der Waals surface area (Å²) in [6.07, 6.45) is 18.4. The first-order valence-corrected chi connectivity index (χ1v) is 25.6.